The van der Waals surface area contributed by atoms with Gasteiger partial charge in [0.2, 0.25) is 0 Å². The molecule has 0 spiro atoms. The first-order chi connectivity index (χ1) is 9.16. The summed E-state index contributed by atoms with van der Waals surface area (Å²) in [4.78, 5) is 0. The summed E-state index contributed by atoms with van der Waals surface area (Å²) in [6, 6.07) is 8.07. The van der Waals surface area contributed by atoms with Gasteiger partial charge in [-0.05, 0) is 37.3 Å². The van der Waals surface area contributed by atoms with Crippen LogP contribution in [0.25, 0.3) is 0 Å². The number of nitrogens with zero attached hydrogens (tertiary/aromatic N) is 2. The number of hydrogen-bond donors (Lipinski definition) is 1. The smallest absolute Gasteiger partial charge is 0.133 e. The number of halogens is 1. The molecule has 0 radical (unpaired) electrons. The second-order valence-corrected chi connectivity index (χ2v) is 5.44. The fraction of sp³-hybridized carbons (Fsp3) is 0.400. The van der Waals surface area contributed by atoms with E-state index in [1.165, 1.54) is 5.56 Å². The van der Waals surface area contributed by atoms with Gasteiger partial charge in [-0.3, -0.25) is 4.68 Å². The van der Waals surface area contributed by atoms with Crippen molar-refractivity contribution in [3.05, 3.63) is 52.3 Å². The summed E-state index contributed by atoms with van der Waals surface area (Å²) in [5, 5.41) is 16.0. The van der Waals surface area contributed by atoms with E-state index in [2.05, 4.69) is 11.2 Å². The quantitative estimate of drug-likeness (QED) is 0.915. The van der Waals surface area contributed by atoms with Crippen LogP contribution >= 0.6 is 11.6 Å². The minimum Gasteiger partial charge on any atom is -0.379 e. The van der Waals surface area contributed by atoms with Crippen molar-refractivity contribution < 1.29 is 5.11 Å². The van der Waals surface area contributed by atoms with Gasteiger partial charge in [-0.15, -0.1) is 0 Å². The van der Waals surface area contributed by atoms with E-state index in [0.717, 1.165) is 24.1 Å². The van der Waals surface area contributed by atoms with Crippen LogP contribution < -0.4 is 0 Å². The van der Waals surface area contributed by atoms with E-state index in [0.29, 0.717) is 18.0 Å². The summed E-state index contributed by atoms with van der Waals surface area (Å²) in [6.45, 7) is 2.71. The second-order valence-electron chi connectivity index (χ2n) is 5.03. The van der Waals surface area contributed by atoms with Crippen molar-refractivity contribution in [3.63, 3.8) is 0 Å². The van der Waals surface area contributed by atoms with E-state index >= 15 is 0 Å². The zero-order chi connectivity index (χ0) is 13.5. The molecule has 0 bridgehead atoms. The van der Waals surface area contributed by atoms with E-state index < -0.39 is 5.60 Å². The Kier molecular flexibility index (Phi) is 3.11. The van der Waals surface area contributed by atoms with Crippen LogP contribution in [0.1, 0.15) is 36.6 Å². The largest absolute Gasteiger partial charge is 0.379 e. The number of rotatable bonds is 2. The van der Waals surface area contributed by atoms with Gasteiger partial charge in [0.25, 0.3) is 0 Å². The summed E-state index contributed by atoms with van der Waals surface area (Å²) >= 11 is 6.27. The molecule has 1 aromatic carbocycles. The standard InChI is InChI=1S/C15H17ClN2O/c1-2-18-14(13(16)10-17-18)15(19)9-5-7-11-6-3-4-8-12(11)15/h3-4,6,8,10,19H,2,5,7,9H2,1H3. The van der Waals surface area contributed by atoms with Crippen LogP contribution in [0.2, 0.25) is 5.02 Å². The maximum atomic E-state index is 11.2. The number of aromatic nitrogens is 2. The SMILES string of the molecule is CCn1ncc(Cl)c1C1(O)CCCc2ccccc21. The van der Waals surface area contributed by atoms with Crippen molar-refractivity contribution in [1.29, 1.82) is 0 Å². The molecule has 1 N–H and O–H groups in total. The summed E-state index contributed by atoms with van der Waals surface area (Å²) in [6.07, 6.45) is 4.28. The second kappa shape index (κ2) is 4.66. The molecular weight excluding hydrogens is 260 g/mol. The van der Waals surface area contributed by atoms with E-state index in [-0.39, 0.29) is 0 Å². The Morgan fingerprint density at radius 2 is 2.21 bits per heavy atom. The Hall–Kier alpha value is -1.32. The molecule has 0 saturated heterocycles. The minimum atomic E-state index is -1.02. The molecule has 1 atom stereocenters. The molecule has 0 fully saturated rings. The van der Waals surface area contributed by atoms with Gasteiger partial charge in [-0.25, -0.2) is 0 Å². The summed E-state index contributed by atoms with van der Waals surface area (Å²) in [7, 11) is 0. The highest BCUT2D eigenvalue weighted by atomic mass is 35.5. The van der Waals surface area contributed by atoms with E-state index in [9.17, 15) is 5.11 Å². The zero-order valence-corrected chi connectivity index (χ0v) is 11.7. The number of hydrogen-bond acceptors (Lipinski definition) is 2. The molecule has 100 valence electrons. The number of aliphatic hydroxyl groups is 1. The third-order valence-corrected chi connectivity index (χ3v) is 4.21. The number of fused-ring (bicyclic) bond motifs is 1. The van der Waals surface area contributed by atoms with Crippen LogP contribution in [-0.2, 0) is 18.6 Å². The van der Waals surface area contributed by atoms with E-state index in [1.807, 2.05) is 25.1 Å². The van der Waals surface area contributed by atoms with Crippen LogP contribution in [0, 0.1) is 0 Å². The molecule has 0 aliphatic heterocycles. The first-order valence-electron chi connectivity index (χ1n) is 6.69. The number of benzene rings is 1. The van der Waals surface area contributed by atoms with Gasteiger partial charge in [0.15, 0.2) is 0 Å². The van der Waals surface area contributed by atoms with Crippen LogP contribution in [0.5, 0.6) is 0 Å². The van der Waals surface area contributed by atoms with Gasteiger partial charge in [0.1, 0.15) is 5.60 Å². The molecule has 1 aliphatic rings. The molecule has 2 aromatic rings. The molecular formula is C15H17ClN2O. The molecule has 1 aromatic heterocycles. The molecule has 1 aliphatic carbocycles. The lowest BCUT2D eigenvalue weighted by Gasteiger charge is -2.35. The first kappa shape index (κ1) is 12.7. The lowest BCUT2D eigenvalue weighted by atomic mass is 9.77. The highest BCUT2D eigenvalue weighted by Crippen LogP contribution is 2.42. The van der Waals surface area contributed by atoms with Gasteiger partial charge in [-0.2, -0.15) is 5.10 Å². The Labute approximate surface area is 117 Å². The Balaban J connectivity index is 2.21. The van der Waals surface area contributed by atoms with Crippen molar-refractivity contribution in [1.82, 2.24) is 9.78 Å². The van der Waals surface area contributed by atoms with E-state index in [1.54, 1.807) is 10.9 Å². The highest BCUT2D eigenvalue weighted by molar-refractivity contribution is 6.31. The molecule has 3 rings (SSSR count). The Morgan fingerprint density at radius 3 is 3.00 bits per heavy atom. The van der Waals surface area contributed by atoms with Gasteiger partial charge in [-0.1, -0.05) is 35.9 Å². The third kappa shape index (κ3) is 1.88. The lowest BCUT2D eigenvalue weighted by Crippen LogP contribution is -2.34. The predicted octanol–water partition coefficient (Wildman–Crippen LogP) is 3.13. The monoisotopic (exact) mass is 276 g/mol. The fourth-order valence-corrected chi connectivity index (χ4v) is 3.37. The van der Waals surface area contributed by atoms with Gasteiger partial charge in [0, 0.05) is 6.54 Å². The maximum Gasteiger partial charge on any atom is 0.133 e. The topological polar surface area (TPSA) is 38.0 Å². The van der Waals surface area contributed by atoms with Crippen LogP contribution in [0.4, 0.5) is 0 Å². The Morgan fingerprint density at radius 1 is 1.42 bits per heavy atom. The maximum absolute atomic E-state index is 11.2. The average molecular weight is 277 g/mol. The van der Waals surface area contributed by atoms with E-state index in [4.69, 9.17) is 11.6 Å². The van der Waals surface area contributed by atoms with Crippen molar-refractivity contribution in [2.24, 2.45) is 0 Å². The van der Waals surface area contributed by atoms with Crippen molar-refractivity contribution in [2.75, 3.05) is 0 Å². The molecule has 4 heteroatoms. The number of aryl methyl sites for hydroxylation is 2. The van der Waals surface area contributed by atoms with Crippen LogP contribution in [0.3, 0.4) is 0 Å². The molecule has 0 saturated carbocycles. The molecule has 0 amide bonds. The van der Waals surface area contributed by atoms with Gasteiger partial charge >= 0.3 is 0 Å². The van der Waals surface area contributed by atoms with Crippen molar-refractivity contribution >= 4 is 11.6 Å². The summed E-state index contributed by atoms with van der Waals surface area (Å²) in [5.74, 6) is 0. The predicted molar refractivity (Wildman–Crippen MR) is 75.3 cm³/mol. The third-order valence-electron chi connectivity index (χ3n) is 3.93. The highest BCUT2D eigenvalue weighted by Gasteiger charge is 2.40. The Bertz CT molecular complexity index is 608. The minimum absolute atomic E-state index is 0.543. The zero-order valence-electron chi connectivity index (χ0n) is 10.9. The van der Waals surface area contributed by atoms with Crippen LogP contribution in [0.15, 0.2) is 30.5 Å². The first-order valence-corrected chi connectivity index (χ1v) is 7.07. The van der Waals surface area contributed by atoms with Crippen molar-refractivity contribution in [2.45, 2.75) is 38.3 Å². The lowest BCUT2D eigenvalue weighted by molar-refractivity contribution is 0.0524. The van der Waals surface area contributed by atoms with Gasteiger partial charge in [0.05, 0.1) is 16.9 Å². The van der Waals surface area contributed by atoms with Gasteiger partial charge < -0.3 is 5.11 Å². The van der Waals surface area contributed by atoms with Crippen molar-refractivity contribution in [3.8, 4) is 0 Å². The molecule has 1 heterocycles. The molecule has 19 heavy (non-hydrogen) atoms. The average Bonchev–Trinajstić information content (AvgIpc) is 2.81. The summed E-state index contributed by atoms with van der Waals surface area (Å²) < 4.78 is 1.80. The normalized spacial score (nSPS) is 22.3. The fourth-order valence-electron chi connectivity index (χ4n) is 3.07. The van der Waals surface area contributed by atoms with Crippen LogP contribution in [-0.4, -0.2) is 14.9 Å². The molecule has 3 nitrogen and oxygen atoms in total. The summed E-state index contributed by atoms with van der Waals surface area (Å²) in [5.41, 5.74) is 1.89. The molecule has 1 unspecified atom stereocenters.